The number of aliphatic hydroxyl groups excluding tert-OH is 1. The van der Waals surface area contributed by atoms with Gasteiger partial charge < -0.3 is 5.11 Å². The van der Waals surface area contributed by atoms with Crippen molar-refractivity contribution in [2.75, 3.05) is 6.61 Å². The van der Waals surface area contributed by atoms with E-state index in [2.05, 4.69) is 4.72 Å². The molecule has 0 saturated heterocycles. The van der Waals surface area contributed by atoms with Gasteiger partial charge in [-0.25, -0.2) is 13.1 Å². The number of rotatable bonds is 4. The maximum absolute atomic E-state index is 12.3. The van der Waals surface area contributed by atoms with Crippen molar-refractivity contribution in [2.24, 2.45) is 0 Å². The summed E-state index contributed by atoms with van der Waals surface area (Å²) < 4.78 is 26.9. The number of sulfonamides is 1. The lowest BCUT2D eigenvalue weighted by Gasteiger charge is -2.13. The van der Waals surface area contributed by atoms with E-state index in [0.717, 1.165) is 0 Å². The molecule has 1 atom stereocenters. The highest BCUT2D eigenvalue weighted by Crippen LogP contribution is 2.29. The maximum Gasteiger partial charge on any atom is 0.241 e. The number of aliphatic hydroxyl groups is 1. The molecule has 0 saturated carbocycles. The lowest BCUT2D eigenvalue weighted by Crippen LogP contribution is -2.35. The van der Waals surface area contributed by atoms with Crippen LogP contribution in [0.5, 0.6) is 0 Å². The van der Waals surface area contributed by atoms with Crippen molar-refractivity contribution >= 4 is 32.4 Å². The zero-order chi connectivity index (χ0) is 14.0. The minimum Gasteiger partial charge on any atom is -0.395 e. The Kier molecular flexibility index (Phi) is 4.10. The maximum atomic E-state index is 12.3. The Morgan fingerprint density at radius 1 is 1.21 bits per heavy atom. The summed E-state index contributed by atoms with van der Waals surface area (Å²) in [6.07, 6.45) is 0. The minimum absolute atomic E-state index is 0.160. The van der Waals surface area contributed by atoms with Gasteiger partial charge in [0.15, 0.2) is 0 Å². The Morgan fingerprint density at radius 2 is 1.84 bits per heavy atom. The van der Waals surface area contributed by atoms with Crippen molar-refractivity contribution < 1.29 is 13.5 Å². The Morgan fingerprint density at radius 3 is 2.47 bits per heavy atom. The first-order chi connectivity index (χ1) is 8.95. The number of hydrogen-bond donors (Lipinski definition) is 2. The molecule has 0 aliphatic rings. The van der Waals surface area contributed by atoms with Gasteiger partial charge in [0.25, 0.3) is 0 Å². The molecular formula is C13H14ClNO3S. The second-order valence-electron chi connectivity index (χ2n) is 4.30. The topological polar surface area (TPSA) is 66.4 Å². The van der Waals surface area contributed by atoms with Gasteiger partial charge >= 0.3 is 0 Å². The summed E-state index contributed by atoms with van der Waals surface area (Å²) in [4.78, 5) is 0.160. The van der Waals surface area contributed by atoms with Crippen LogP contribution in [0.25, 0.3) is 10.8 Å². The molecule has 6 heteroatoms. The van der Waals surface area contributed by atoms with Crippen molar-refractivity contribution in [1.29, 1.82) is 0 Å². The van der Waals surface area contributed by atoms with E-state index in [9.17, 15) is 8.42 Å². The molecule has 0 amide bonds. The molecule has 0 fully saturated rings. The summed E-state index contributed by atoms with van der Waals surface area (Å²) in [5, 5.41) is 10.7. The molecule has 2 aromatic rings. The molecule has 0 aliphatic heterocycles. The van der Waals surface area contributed by atoms with Gasteiger partial charge in [0, 0.05) is 21.8 Å². The van der Waals surface area contributed by atoms with Gasteiger partial charge in [-0.3, -0.25) is 0 Å². The highest BCUT2D eigenvalue weighted by Gasteiger charge is 2.20. The van der Waals surface area contributed by atoms with E-state index in [-0.39, 0.29) is 11.5 Å². The fourth-order valence-electron chi connectivity index (χ4n) is 1.83. The Labute approximate surface area is 117 Å². The van der Waals surface area contributed by atoms with Crippen molar-refractivity contribution in [3.05, 3.63) is 41.4 Å². The molecule has 0 spiro atoms. The van der Waals surface area contributed by atoms with E-state index in [1.807, 2.05) is 0 Å². The molecular weight excluding hydrogens is 286 g/mol. The molecule has 19 heavy (non-hydrogen) atoms. The highest BCUT2D eigenvalue weighted by atomic mass is 35.5. The first-order valence-corrected chi connectivity index (χ1v) is 7.62. The van der Waals surface area contributed by atoms with Crippen LogP contribution in [0.15, 0.2) is 41.3 Å². The van der Waals surface area contributed by atoms with E-state index in [1.165, 1.54) is 6.07 Å². The SMILES string of the molecule is C[C@H](CO)NS(=O)(=O)c1ccc(Cl)c2ccccc12. The van der Waals surface area contributed by atoms with Gasteiger partial charge in [0.2, 0.25) is 10.0 Å². The van der Waals surface area contributed by atoms with Gasteiger partial charge in [-0.15, -0.1) is 0 Å². The number of nitrogens with one attached hydrogen (secondary N) is 1. The fraction of sp³-hybridized carbons (Fsp3) is 0.231. The van der Waals surface area contributed by atoms with Gasteiger partial charge in [0.05, 0.1) is 11.5 Å². The van der Waals surface area contributed by atoms with Crippen LogP contribution in [-0.2, 0) is 10.0 Å². The Hall–Kier alpha value is -1.14. The molecule has 0 radical (unpaired) electrons. The number of hydrogen-bond acceptors (Lipinski definition) is 3. The summed E-state index contributed by atoms with van der Waals surface area (Å²) in [7, 11) is -3.68. The normalized spacial score (nSPS) is 13.6. The molecule has 0 bridgehead atoms. The molecule has 102 valence electrons. The van der Waals surface area contributed by atoms with Crippen molar-refractivity contribution in [1.82, 2.24) is 4.72 Å². The molecule has 2 rings (SSSR count). The molecule has 0 aromatic heterocycles. The standard InChI is InChI=1S/C13H14ClNO3S/c1-9(8-16)15-19(17,18)13-7-6-12(14)10-4-2-3-5-11(10)13/h2-7,9,15-16H,8H2,1H3/t9-/m1/s1. The predicted octanol–water partition coefficient (Wildman–Crippen LogP) is 2.15. The van der Waals surface area contributed by atoms with Crippen molar-refractivity contribution in [3.8, 4) is 0 Å². The third kappa shape index (κ3) is 2.90. The summed E-state index contributed by atoms with van der Waals surface area (Å²) in [6.45, 7) is 1.33. The van der Waals surface area contributed by atoms with Crippen LogP contribution < -0.4 is 4.72 Å². The first kappa shape index (κ1) is 14.3. The Balaban J connectivity index is 2.60. The van der Waals surface area contributed by atoms with Gasteiger partial charge in [-0.2, -0.15) is 0 Å². The van der Waals surface area contributed by atoms with Crippen molar-refractivity contribution in [3.63, 3.8) is 0 Å². The van der Waals surface area contributed by atoms with Crippen LogP contribution in [0.1, 0.15) is 6.92 Å². The van der Waals surface area contributed by atoms with E-state index >= 15 is 0 Å². The van der Waals surface area contributed by atoms with Crippen LogP contribution >= 0.6 is 11.6 Å². The largest absolute Gasteiger partial charge is 0.395 e. The van der Waals surface area contributed by atoms with Crippen LogP contribution in [0.3, 0.4) is 0 Å². The van der Waals surface area contributed by atoms with E-state index in [0.29, 0.717) is 15.8 Å². The lowest BCUT2D eigenvalue weighted by molar-refractivity contribution is 0.265. The first-order valence-electron chi connectivity index (χ1n) is 5.76. The summed E-state index contributed by atoms with van der Waals surface area (Å²) in [6, 6.07) is 9.52. The summed E-state index contributed by atoms with van der Waals surface area (Å²) in [5.41, 5.74) is 0. The minimum atomic E-state index is -3.68. The lowest BCUT2D eigenvalue weighted by atomic mass is 10.1. The molecule has 2 N–H and O–H groups in total. The number of halogens is 1. The van der Waals surface area contributed by atoms with Gasteiger partial charge in [-0.05, 0) is 19.1 Å². The molecule has 0 unspecified atom stereocenters. The zero-order valence-electron chi connectivity index (χ0n) is 10.3. The Bertz CT molecular complexity index is 700. The zero-order valence-corrected chi connectivity index (χ0v) is 11.9. The molecule has 0 aliphatic carbocycles. The van der Waals surface area contributed by atoms with Crippen LogP contribution in [-0.4, -0.2) is 26.2 Å². The average molecular weight is 300 g/mol. The average Bonchev–Trinajstić information content (AvgIpc) is 2.38. The van der Waals surface area contributed by atoms with Gasteiger partial charge in [-0.1, -0.05) is 35.9 Å². The van der Waals surface area contributed by atoms with Crippen LogP contribution in [0.4, 0.5) is 0 Å². The third-order valence-electron chi connectivity index (χ3n) is 2.75. The van der Waals surface area contributed by atoms with E-state index in [4.69, 9.17) is 16.7 Å². The second kappa shape index (κ2) is 5.46. The number of fused-ring (bicyclic) bond motifs is 1. The van der Waals surface area contributed by atoms with Crippen LogP contribution in [0.2, 0.25) is 5.02 Å². The monoisotopic (exact) mass is 299 g/mol. The smallest absolute Gasteiger partial charge is 0.241 e. The summed E-state index contributed by atoms with van der Waals surface area (Å²) in [5.74, 6) is 0. The molecule has 0 heterocycles. The fourth-order valence-corrected chi connectivity index (χ4v) is 3.51. The van der Waals surface area contributed by atoms with E-state index < -0.39 is 16.1 Å². The van der Waals surface area contributed by atoms with E-state index in [1.54, 1.807) is 37.3 Å². The third-order valence-corrected chi connectivity index (χ3v) is 4.73. The summed E-state index contributed by atoms with van der Waals surface area (Å²) >= 11 is 6.06. The number of benzene rings is 2. The van der Waals surface area contributed by atoms with Gasteiger partial charge in [0.1, 0.15) is 0 Å². The molecule has 2 aromatic carbocycles. The predicted molar refractivity (Wildman–Crippen MR) is 75.8 cm³/mol. The second-order valence-corrected chi connectivity index (χ2v) is 6.39. The molecule has 4 nitrogen and oxygen atoms in total. The highest BCUT2D eigenvalue weighted by molar-refractivity contribution is 7.89. The quantitative estimate of drug-likeness (QED) is 0.909. The van der Waals surface area contributed by atoms with Crippen molar-refractivity contribution in [2.45, 2.75) is 17.9 Å². The van der Waals surface area contributed by atoms with Crippen LogP contribution in [0, 0.1) is 0 Å².